The summed E-state index contributed by atoms with van der Waals surface area (Å²) in [7, 11) is 0. The average Bonchev–Trinajstić information content (AvgIpc) is 3.17. The zero-order chi connectivity index (χ0) is 18.4. The SMILES string of the molecule is O=C1c2ccccc2-c2onc3c(NCCO)cc(N4CCOCC4)c1c23. The Morgan fingerprint density at radius 1 is 1.19 bits per heavy atom. The monoisotopic (exact) mass is 365 g/mol. The Morgan fingerprint density at radius 3 is 2.74 bits per heavy atom. The number of ether oxygens (including phenoxy) is 1. The minimum atomic E-state index is -0.0125. The highest BCUT2D eigenvalue weighted by Gasteiger charge is 2.34. The van der Waals surface area contributed by atoms with Gasteiger partial charge in [0.15, 0.2) is 11.5 Å². The molecule has 2 aromatic carbocycles. The van der Waals surface area contributed by atoms with Crippen LogP contribution in [0.1, 0.15) is 15.9 Å². The van der Waals surface area contributed by atoms with Crippen molar-refractivity contribution < 1.29 is 19.2 Å². The van der Waals surface area contributed by atoms with E-state index in [2.05, 4.69) is 15.4 Å². The molecule has 0 radical (unpaired) electrons. The summed E-state index contributed by atoms with van der Waals surface area (Å²) in [6.07, 6.45) is 0. The maximum Gasteiger partial charge on any atom is 0.196 e. The molecule has 0 atom stereocenters. The molecule has 2 aliphatic rings. The Labute approximate surface area is 155 Å². The summed E-state index contributed by atoms with van der Waals surface area (Å²) in [6, 6.07) is 9.41. The lowest BCUT2D eigenvalue weighted by molar-refractivity contribution is 0.103. The van der Waals surface area contributed by atoms with E-state index >= 15 is 0 Å². The molecule has 27 heavy (non-hydrogen) atoms. The maximum atomic E-state index is 13.4. The van der Waals surface area contributed by atoms with Gasteiger partial charge < -0.3 is 24.6 Å². The summed E-state index contributed by atoms with van der Waals surface area (Å²) in [4.78, 5) is 15.6. The largest absolute Gasteiger partial charge is 0.395 e. The van der Waals surface area contributed by atoms with Crippen molar-refractivity contribution in [2.24, 2.45) is 0 Å². The quantitative estimate of drug-likeness (QED) is 0.574. The van der Waals surface area contributed by atoms with Gasteiger partial charge in [0.05, 0.1) is 42.1 Å². The normalized spacial score (nSPS) is 15.9. The Hall–Kier alpha value is -2.90. The van der Waals surface area contributed by atoms with E-state index in [4.69, 9.17) is 9.26 Å². The van der Waals surface area contributed by atoms with Crippen LogP contribution in [0.4, 0.5) is 11.4 Å². The van der Waals surface area contributed by atoms with Crippen molar-refractivity contribution in [3.8, 4) is 11.3 Å². The summed E-state index contributed by atoms with van der Waals surface area (Å²) in [5.41, 5.74) is 4.27. The number of aliphatic hydroxyl groups is 1. The van der Waals surface area contributed by atoms with E-state index in [9.17, 15) is 9.90 Å². The first kappa shape index (κ1) is 16.3. The van der Waals surface area contributed by atoms with Crippen LogP contribution in [0.5, 0.6) is 0 Å². The molecule has 1 aromatic heterocycles. The number of morpholine rings is 1. The molecule has 138 valence electrons. The van der Waals surface area contributed by atoms with Crippen molar-refractivity contribution in [2.75, 3.05) is 49.7 Å². The van der Waals surface area contributed by atoms with Crippen LogP contribution in [0.3, 0.4) is 0 Å². The Bertz CT molecular complexity index is 1040. The first-order valence-corrected chi connectivity index (χ1v) is 9.07. The molecule has 0 saturated carbocycles. The number of hydrogen-bond acceptors (Lipinski definition) is 7. The summed E-state index contributed by atoms with van der Waals surface area (Å²) >= 11 is 0. The Morgan fingerprint density at radius 2 is 1.96 bits per heavy atom. The second kappa shape index (κ2) is 6.37. The number of ketones is 1. The molecular weight excluding hydrogens is 346 g/mol. The number of nitrogens with zero attached hydrogens (tertiary/aromatic N) is 2. The van der Waals surface area contributed by atoms with Crippen LogP contribution in [0.15, 0.2) is 34.9 Å². The molecule has 0 unspecified atom stereocenters. The van der Waals surface area contributed by atoms with E-state index in [1.807, 2.05) is 30.3 Å². The van der Waals surface area contributed by atoms with Gasteiger partial charge in [-0.15, -0.1) is 0 Å². The number of carbonyl (C=O) groups is 1. The van der Waals surface area contributed by atoms with Crippen molar-refractivity contribution in [3.63, 3.8) is 0 Å². The summed E-state index contributed by atoms with van der Waals surface area (Å²) < 4.78 is 11.2. The predicted molar refractivity (Wildman–Crippen MR) is 101 cm³/mol. The van der Waals surface area contributed by atoms with E-state index in [-0.39, 0.29) is 12.4 Å². The first-order valence-electron chi connectivity index (χ1n) is 9.07. The van der Waals surface area contributed by atoms with Crippen molar-refractivity contribution in [1.82, 2.24) is 5.16 Å². The zero-order valence-electron chi connectivity index (χ0n) is 14.7. The van der Waals surface area contributed by atoms with Gasteiger partial charge in [-0.25, -0.2) is 0 Å². The van der Waals surface area contributed by atoms with Crippen LogP contribution >= 0.6 is 0 Å². The second-order valence-corrected chi connectivity index (χ2v) is 6.68. The molecule has 7 heteroatoms. The molecular formula is C20H19N3O4. The summed E-state index contributed by atoms with van der Waals surface area (Å²) in [5, 5.41) is 17.4. The van der Waals surface area contributed by atoms with Gasteiger partial charge in [-0.05, 0) is 6.07 Å². The molecule has 7 nitrogen and oxygen atoms in total. The molecule has 1 saturated heterocycles. The number of anilines is 2. The molecule has 2 heterocycles. The van der Waals surface area contributed by atoms with Crippen molar-refractivity contribution in [1.29, 1.82) is 0 Å². The van der Waals surface area contributed by atoms with Gasteiger partial charge in [-0.2, -0.15) is 0 Å². The lowest BCUT2D eigenvalue weighted by atomic mass is 9.86. The van der Waals surface area contributed by atoms with E-state index in [0.717, 1.165) is 22.3 Å². The Balaban J connectivity index is 1.80. The van der Waals surface area contributed by atoms with Gasteiger partial charge in [0.25, 0.3) is 0 Å². The van der Waals surface area contributed by atoms with E-state index in [1.54, 1.807) is 0 Å². The maximum absolute atomic E-state index is 13.4. The van der Waals surface area contributed by atoms with E-state index in [1.165, 1.54) is 0 Å². The summed E-state index contributed by atoms with van der Waals surface area (Å²) in [6.45, 7) is 3.07. The van der Waals surface area contributed by atoms with Gasteiger partial charge in [-0.3, -0.25) is 4.79 Å². The highest BCUT2D eigenvalue weighted by atomic mass is 16.5. The molecule has 2 N–H and O–H groups in total. The number of fused-ring (bicyclic) bond motifs is 2. The minimum Gasteiger partial charge on any atom is -0.395 e. The fraction of sp³-hybridized carbons (Fsp3) is 0.300. The molecule has 5 rings (SSSR count). The average molecular weight is 365 g/mol. The lowest BCUT2D eigenvalue weighted by Gasteiger charge is -2.31. The van der Waals surface area contributed by atoms with Crippen LogP contribution in [-0.2, 0) is 4.74 Å². The second-order valence-electron chi connectivity index (χ2n) is 6.68. The van der Waals surface area contributed by atoms with Crippen molar-refractivity contribution >= 4 is 28.1 Å². The number of benzene rings is 2. The van der Waals surface area contributed by atoms with Crippen molar-refractivity contribution in [2.45, 2.75) is 0 Å². The minimum absolute atomic E-state index is 0.00258. The predicted octanol–water partition coefficient (Wildman–Crippen LogP) is 2.28. The Kier molecular flexibility index (Phi) is 3.84. The van der Waals surface area contributed by atoms with Crippen LogP contribution in [-0.4, -0.2) is 55.5 Å². The van der Waals surface area contributed by atoms with Gasteiger partial charge in [0.2, 0.25) is 0 Å². The number of hydrogen-bond donors (Lipinski definition) is 2. The fourth-order valence-corrected chi connectivity index (χ4v) is 3.92. The molecule has 1 fully saturated rings. The van der Waals surface area contributed by atoms with Gasteiger partial charge >= 0.3 is 0 Å². The van der Waals surface area contributed by atoms with Gasteiger partial charge in [-0.1, -0.05) is 29.4 Å². The number of carbonyl (C=O) groups excluding carboxylic acids is 1. The lowest BCUT2D eigenvalue weighted by Crippen LogP contribution is -2.37. The molecule has 0 spiro atoms. The highest BCUT2D eigenvalue weighted by Crippen LogP contribution is 2.45. The van der Waals surface area contributed by atoms with Gasteiger partial charge in [0.1, 0.15) is 5.52 Å². The topological polar surface area (TPSA) is 87.8 Å². The zero-order valence-corrected chi connectivity index (χ0v) is 14.7. The fourth-order valence-electron chi connectivity index (χ4n) is 3.92. The molecule has 1 aliphatic carbocycles. The smallest absolute Gasteiger partial charge is 0.196 e. The number of aromatic nitrogens is 1. The third kappa shape index (κ3) is 2.43. The van der Waals surface area contributed by atoms with Crippen LogP contribution in [0.2, 0.25) is 0 Å². The standard InChI is InChI=1S/C20H19N3O4/c24-8-5-21-14-11-15(23-6-9-26-10-7-23)16-17-18(14)22-27-20(17)13-4-2-1-3-12(13)19(16)25/h1-4,11,21,24H,5-10H2. The van der Waals surface area contributed by atoms with E-state index in [0.29, 0.717) is 55.3 Å². The number of nitrogens with one attached hydrogen (secondary N) is 1. The first-order chi connectivity index (χ1) is 13.3. The number of aliphatic hydroxyl groups excluding tert-OH is 1. The molecule has 0 bridgehead atoms. The van der Waals surface area contributed by atoms with Crippen molar-refractivity contribution in [3.05, 3.63) is 41.5 Å². The molecule has 0 amide bonds. The third-order valence-electron chi connectivity index (χ3n) is 5.16. The van der Waals surface area contributed by atoms with Crippen LogP contribution in [0, 0.1) is 0 Å². The van der Waals surface area contributed by atoms with Gasteiger partial charge in [0, 0.05) is 30.8 Å². The number of rotatable bonds is 4. The highest BCUT2D eigenvalue weighted by molar-refractivity contribution is 6.28. The molecule has 3 aromatic rings. The summed E-state index contributed by atoms with van der Waals surface area (Å²) in [5.74, 6) is 0.610. The molecule has 1 aliphatic heterocycles. The third-order valence-corrected chi connectivity index (χ3v) is 5.16. The van der Waals surface area contributed by atoms with E-state index < -0.39 is 0 Å². The van der Waals surface area contributed by atoms with Crippen LogP contribution < -0.4 is 10.2 Å². The van der Waals surface area contributed by atoms with Crippen LogP contribution in [0.25, 0.3) is 22.2 Å².